The fourth-order valence-electron chi connectivity index (χ4n) is 6.19. The van der Waals surface area contributed by atoms with Gasteiger partial charge in [0.05, 0.1) is 12.6 Å². The Bertz CT molecular complexity index is 1420. The summed E-state index contributed by atoms with van der Waals surface area (Å²) in [6.07, 6.45) is -0.429. The van der Waals surface area contributed by atoms with E-state index in [0.717, 1.165) is 55.5 Å². The Kier molecular flexibility index (Phi) is 7.08. The number of carbonyl (C=O) groups excluding carboxylic acids is 2. The van der Waals surface area contributed by atoms with Crippen LogP contribution < -0.4 is 14.5 Å². The Morgan fingerprint density at radius 2 is 1.80 bits per heavy atom. The first-order valence-electron chi connectivity index (χ1n) is 13.8. The molecule has 2 saturated carbocycles. The van der Waals surface area contributed by atoms with Crippen LogP contribution in [0.5, 0.6) is 5.75 Å². The number of halogens is 3. The number of ether oxygens (including phenoxy) is 2. The lowest BCUT2D eigenvalue weighted by atomic mass is 9.81. The minimum Gasteiger partial charge on any atom is -0.466 e. The molecule has 3 aliphatic rings. The van der Waals surface area contributed by atoms with Crippen molar-refractivity contribution in [1.82, 2.24) is 10.2 Å². The number of aromatic nitrogens is 2. The molecule has 0 spiro atoms. The molecule has 1 aliphatic heterocycles. The normalized spacial score (nSPS) is 21.7. The second kappa shape index (κ2) is 10.7. The summed E-state index contributed by atoms with van der Waals surface area (Å²) in [6.45, 7) is 1.99. The lowest BCUT2D eigenvalue weighted by molar-refractivity contribution is -0.274. The molecule has 3 unspecified atom stereocenters. The fraction of sp³-hybridized carbons (Fsp3) is 0.448. The molecule has 0 saturated heterocycles. The highest BCUT2D eigenvalue weighted by Crippen LogP contribution is 2.53. The van der Waals surface area contributed by atoms with Gasteiger partial charge in [-0.1, -0.05) is 29.7 Å². The second-order valence-corrected chi connectivity index (χ2v) is 10.5. The van der Waals surface area contributed by atoms with Crippen LogP contribution in [0.4, 0.5) is 24.9 Å². The number of fused-ring (bicyclic) bond motifs is 2. The van der Waals surface area contributed by atoms with E-state index in [1.807, 2.05) is 24.3 Å². The summed E-state index contributed by atoms with van der Waals surface area (Å²) in [5.74, 6) is -0.854. The van der Waals surface area contributed by atoms with E-state index in [2.05, 4.69) is 19.8 Å². The molecule has 6 rings (SSSR count). The third-order valence-electron chi connectivity index (χ3n) is 7.86. The van der Waals surface area contributed by atoms with Gasteiger partial charge in [-0.25, -0.2) is 0 Å². The lowest BCUT2D eigenvalue weighted by Gasteiger charge is -2.47. The van der Waals surface area contributed by atoms with Gasteiger partial charge in [-0.3, -0.25) is 9.59 Å². The molecule has 2 heterocycles. The van der Waals surface area contributed by atoms with E-state index in [1.165, 1.54) is 12.1 Å². The van der Waals surface area contributed by atoms with Gasteiger partial charge >= 0.3 is 18.3 Å². The summed E-state index contributed by atoms with van der Waals surface area (Å²) in [7, 11) is 0. The average molecular weight is 571 g/mol. The van der Waals surface area contributed by atoms with Crippen molar-refractivity contribution in [2.24, 2.45) is 5.92 Å². The number of amides is 1. The maximum Gasteiger partial charge on any atom is 0.573 e. The topological polar surface area (TPSA) is 98.0 Å². The zero-order valence-corrected chi connectivity index (χ0v) is 22.3. The van der Waals surface area contributed by atoms with Crippen LogP contribution in [0.25, 0.3) is 0 Å². The number of hydrogen-bond acceptors (Lipinski definition) is 8. The van der Waals surface area contributed by atoms with E-state index < -0.39 is 12.3 Å². The van der Waals surface area contributed by atoms with Gasteiger partial charge in [0.2, 0.25) is 5.89 Å². The summed E-state index contributed by atoms with van der Waals surface area (Å²) < 4.78 is 52.9. The molecule has 0 N–H and O–H groups in total. The molecular weight excluding hydrogens is 541 g/mol. The number of alkyl halides is 3. The molecule has 12 heteroatoms. The summed E-state index contributed by atoms with van der Waals surface area (Å²) in [4.78, 5) is 29.9. The zero-order valence-electron chi connectivity index (χ0n) is 22.3. The minimum absolute atomic E-state index is 0.0580. The Balaban J connectivity index is 1.34. The highest BCUT2D eigenvalue weighted by molar-refractivity contribution is 6.07. The highest BCUT2D eigenvalue weighted by Gasteiger charge is 2.51. The zero-order chi connectivity index (χ0) is 28.7. The van der Waals surface area contributed by atoms with Crippen molar-refractivity contribution < 1.29 is 36.7 Å². The van der Waals surface area contributed by atoms with Gasteiger partial charge in [0.15, 0.2) is 0 Å². The van der Waals surface area contributed by atoms with Gasteiger partial charge in [0, 0.05) is 29.3 Å². The van der Waals surface area contributed by atoms with E-state index in [0.29, 0.717) is 6.01 Å². The van der Waals surface area contributed by atoms with Crippen LogP contribution in [0.3, 0.4) is 0 Å². The number of anilines is 2. The van der Waals surface area contributed by atoms with Gasteiger partial charge in [-0.15, -0.1) is 18.3 Å². The Labute approximate surface area is 234 Å². The first-order valence-corrected chi connectivity index (χ1v) is 13.8. The molecule has 216 valence electrons. The first-order chi connectivity index (χ1) is 19.7. The van der Waals surface area contributed by atoms with Crippen LogP contribution in [0.15, 0.2) is 52.9 Å². The summed E-state index contributed by atoms with van der Waals surface area (Å²) in [6, 6.07) is 13.0. The predicted octanol–water partition coefficient (Wildman–Crippen LogP) is 5.61. The molecule has 1 aromatic heterocycles. The van der Waals surface area contributed by atoms with Crippen molar-refractivity contribution >= 4 is 23.6 Å². The Morgan fingerprint density at radius 3 is 2.51 bits per heavy atom. The van der Waals surface area contributed by atoms with Crippen LogP contribution in [-0.2, 0) is 16.0 Å². The molecule has 2 aromatic carbocycles. The van der Waals surface area contributed by atoms with Crippen molar-refractivity contribution in [2.45, 2.75) is 69.9 Å². The van der Waals surface area contributed by atoms with Crippen molar-refractivity contribution in [3.8, 4) is 5.75 Å². The maximum absolute atomic E-state index is 13.9. The lowest BCUT2D eigenvalue weighted by Crippen LogP contribution is -2.52. The Hall–Kier alpha value is -4.09. The minimum atomic E-state index is -4.81. The molecule has 9 nitrogen and oxygen atoms in total. The van der Waals surface area contributed by atoms with Gasteiger partial charge in [-0.2, -0.15) is 0 Å². The first kappa shape index (κ1) is 27.1. The van der Waals surface area contributed by atoms with Crippen molar-refractivity contribution in [2.75, 3.05) is 16.4 Å². The number of rotatable bonds is 8. The van der Waals surface area contributed by atoms with E-state index >= 15 is 0 Å². The third kappa shape index (κ3) is 5.47. The number of benzene rings is 2. The number of carbonyl (C=O) groups is 2. The molecular formula is C29H29F3N4O5. The standard InChI is InChI=1S/C29H29F3N4O5/c1-2-39-25(37)16-24-33-34-28(40-24)35(18-12-13-18)26-20-6-3-4-8-22(20)36(23-9-5-7-21(23)26)27(38)17-10-14-19(15-11-17)41-29(30,31)32/h3-4,6,8,10-11,14-15,18,21,23,26H,2,5,7,9,12-13,16H2,1H3. The van der Waals surface area contributed by atoms with E-state index in [-0.39, 0.29) is 60.2 Å². The van der Waals surface area contributed by atoms with Crippen LogP contribution in [0, 0.1) is 5.92 Å². The highest BCUT2D eigenvalue weighted by atomic mass is 19.4. The smallest absolute Gasteiger partial charge is 0.466 e. The Morgan fingerprint density at radius 1 is 1.05 bits per heavy atom. The predicted molar refractivity (Wildman–Crippen MR) is 140 cm³/mol. The molecule has 0 bridgehead atoms. The molecule has 2 fully saturated rings. The number of hydrogen-bond donors (Lipinski definition) is 0. The number of nitrogens with zero attached hydrogens (tertiary/aromatic N) is 4. The van der Waals surface area contributed by atoms with Gasteiger partial charge in [0.1, 0.15) is 12.2 Å². The van der Waals surface area contributed by atoms with Crippen molar-refractivity contribution in [1.29, 1.82) is 0 Å². The summed E-state index contributed by atoms with van der Waals surface area (Å²) >= 11 is 0. The summed E-state index contributed by atoms with van der Waals surface area (Å²) in [5, 5.41) is 8.43. The molecule has 41 heavy (non-hydrogen) atoms. The molecule has 2 aliphatic carbocycles. The van der Waals surface area contributed by atoms with E-state index in [1.54, 1.807) is 11.8 Å². The molecule has 1 amide bonds. The summed E-state index contributed by atoms with van der Waals surface area (Å²) in [5.41, 5.74) is 1.97. The third-order valence-corrected chi connectivity index (χ3v) is 7.86. The maximum atomic E-state index is 13.9. The van der Waals surface area contributed by atoms with Gasteiger partial charge in [-0.05, 0) is 68.5 Å². The second-order valence-electron chi connectivity index (χ2n) is 10.5. The monoisotopic (exact) mass is 570 g/mol. The molecule has 3 aromatic rings. The van der Waals surface area contributed by atoms with Crippen LogP contribution in [0.2, 0.25) is 0 Å². The van der Waals surface area contributed by atoms with Crippen LogP contribution in [0.1, 0.15) is 66.9 Å². The fourth-order valence-corrected chi connectivity index (χ4v) is 6.19. The van der Waals surface area contributed by atoms with Crippen molar-refractivity contribution in [3.63, 3.8) is 0 Å². The van der Waals surface area contributed by atoms with Crippen molar-refractivity contribution in [3.05, 3.63) is 65.5 Å². The van der Waals surface area contributed by atoms with Gasteiger partial charge in [0.25, 0.3) is 5.91 Å². The van der Waals surface area contributed by atoms with Crippen LogP contribution in [-0.4, -0.2) is 47.1 Å². The molecule has 3 atom stereocenters. The van der Waals surface area contributed by atoms with Crippen LogP contribution >= 0.6 is 0 Å². The quantitative estimate of drug-likeness (QED) is 0.322. The molecule has 0 radical (unpaired) electrons. The SMILES string of the molecule is CCOC(=O)Cc1nnc(N(C2CC2)C2c3ccccc3N(C(=O)c3ccc(OC(F)(F)F)cc3)C3CCCC32)o1. The largest absolute Gasteiger partial charge is 0.573 e. The van der Waals surface area contributed by atoms with Gasteiger partial charge < -0.3 is 23.7 Å². The van der Waals surface area contributed by atoms with E-state index in [9.17, 15) is 22.8 Å². The number of para-hydroxylation sites is 1. The average Bonchev–Trinajstić information content (AvgIpc) is 3.46. The number of esters is 1. The van der Waals surface area contributed by atoms with E-state index in [4.69, 9.17) is 9.15 Å².